The van der Waals surface area contributed by atoms with E-state index in [-0.39, 0.29) is 18.2 Å². The van der Waals surface area contributed by atoms with Crippen molar-refractivity contribution in [3.8, 4) is 11.5 Å². The molecule has 6 heteroatoms. The van der Waals surface area contributed by atoms with Crippen LogP contribution in [0.5, 0.6) is 11.5 Å². The minimum atomic E-state index is -0.336. The van der Waals surface area contributed by atoms with Gasteiger partial charge in [-0.1, -0.05) is 12.1 Å². The molecule has 0 aromatic heterocycles. The topological polar surface area (TPSA) is 60.0 Å². The molecule has 2 heterocycles. The number of anilines is 1. The molecule has 27 heavy (non-hydrogen) atoms. The number of benzene rings is 2. The quantitative estimate of drug-likeness (QED) is 0.876. The molecule has 2 aliphatic heterocycles. The molecule has 0 radical (unpaired) electrons. The zero-order valence-electron chi connectivity index (χ0n) is 15.6. The normalized spacial score (nSPS) is 21.6. The Balaban J connectivity index is 1.75. The van der Waals surface area contributed by atoms with Gasteiger partial charge in [-0.05, 0) is 37.1 Å². The summed E-state index contributed by atoms with van der Waals surface area (Å²) in [6, 6.07) is 13.3. The number of nitrogens with one attached hydrogen (secondary N) is 1. The number of fused-ring (bicyclic) bond motifs is 1. The third-order valence-corrected chi connectivity index (χ3v) is 5.18. The lowest BCUT2D eigenvalue weighted by Gasteiger charge is -2.39. The lowest BCUT2D eigenvalue weighted by molar-refractivity contribution is 0.0424. The van der Waals surface area contributed by atoms with Gasteiger partial charge < -0.3 is 24.4 Å². The largest absolute Gasteiger partial charge is 0.497 e. The van der Waals surface area contributed by atoms with Crippen LogP contribution in [0.1, 0.15) is 34.9 Å². The van der Waals surface area contributed by atoms with Gasteiger partial charge in [0.1, 0.15) is 17.7 Å². The summed E-state index contributed by atoms with van der Waals surface area (Å²) in [7, 11) is 3.25. The van der Waals surface area contributed by atoms with Crippen molar-refractivity contribution >= 4 is 11.6 Å². The molecule has 142 valence electrons. The van der Waals surface area contributed by atoms with Crippen molar-refractivity contribution in [3.63, 3.8) is 0 Å². The number of methoxy groups -OCH3 is 2. The SMILES string of the molecule is COc1ccc(C2Nc3ccccc3C(=O)N2CC2CCCO2)c(OC)c1. The maximum Gasteiger partial charge on any atom is 0.257 e. The number of carbonyl (C=O) groups excluding carboxylic acids is 1. The van der Waals surface area contributed by atoms with Crippen molar-refractivity contribution in [2.24, 2.45) is 0 Å². The summed E-state index contributed by atoms with van der Waals surface area (Å²) in [5.41, 5.74) is 2.40. The van der Waals surface area contributed by atoms with Crippen molar-refractivity contribution in [1.29, 1.82) is 0 Å². The van der Waals surface area contributed by atoms with Crippen LogP contribution in [0.4, 0.5) is 5.69 Å². The molecule has 1 amide bonds. The van der Waals surface area contributed by atoms with E-state index in [4.69, 9.17) is 14.2 Å². The van der Waals surface area contributed by atoms with Crippen LogP contribution < -0.4 is 14.8 Å². The van der Waals surface area contributed by atoms with Gasteiger partial charge in [0.2, 0.25) is 0 Å². The second-order valence-corrected chi connectivity index (χ2v) is 6.79. The van der Waals surface area contributed by atoms with E-state index in [0.717, 1.165) is 30.7 Å². The fourth-order valence-corrected chi connectivity index (χ4v) is 3.78. The average Bonchev–Trinajstić information content (AvgIpc) is 3.23. The Morgan fingerprint density at radius 1 is 1.19 bits per heavy atom. The van der Waals surface area contributed by atoms with Gasteiger partial charge in [-0.25, -0.2) is 0 Å². The van der Waals surface area contributed by atoms with E-state index < -0.39 is 0 Å². The van der Waals surface area contributed by atoms with E-state index in [1.807, 2.05) is 47.4 Å². The molecule has 0 spiro atoms. The van der Waals surface area contributed by atoms with Gasteiger partial charge in [0.25, 0.3) is 5.91 Å². The standard InChI is InChI=1S/C21H24N2O4/c1-25-14-9-10-17(19(12-14)26-2)20-22-18-8-4-3-7-16(18)21(24)23(20)13-15-6-5-11-27-15/h3-4,7-10,12,15,20,22H,5-6,11,13H2,1-2H3. The van der Waals surface area contributed by atoms with Gasteiger partial charge in [-0.15, -0.1) is 0 Å². The molecule has 1 saturated heterocycles. The Morgan fingerprint density at radius 3 is 2.78 bits per heavy atom. The fraction of sp³-hybridized carbons (Fsp3) is 0.381. The number of rotatable bonds is 5. The number of ether oxygens (including phenoxy) is 3. The highest BCUT2D eigenvalue weighted by atomic mass is 16.5. The Morgan fingerprint density at radius 2 is 2.04 bits per heavy atom. The molecule has 0 saturated carbocycles. The second-order valence-electron chi connectivity index (χ2n) is 6.79. The number of para-hydroxylation sites is 1. The van der Waals surface area contributed by atoms with Crippen LogP contribution >= 0.6 is 0 Å². The monoisotopic (exact) mass is 368 g/mol. The first-order valence-corrected chi connectivity index (χ1v) is 9.21. The van der Waals surface area contributed by atoms with Gasteiger partial charge in [0.05, 0.1) is 25.9 Å². The minimum Gasteiger partial charge on any atom is -0.497 e. The Labute approximate surface area is 159 Å². The first-order chi connectivity index (χ1) is 13.2. The third kappa shape index (κ3) is 3.32. The number of carbonyl (C=O) groups is 1. The molecule has 0 aliphatic carbocycles. The third-order valence-electron chi connectivity index (χ3n) is 5.18. The second kappa shape index (κ2) is 7.48. The van der Waals surface area contributed by atoms with E-state index >= 15 is 0 Å². The Bertz CT molecular complexity index is 833. The first-order valence-electron chi connectivity index (χ1n) is 9.21. The lowest BCUT2D eigenvalue weighted by atomic mass is 10.0. The molecule has 6 nitrogen and oxygen atoms in total. The van der Waals surface area contributed by atoms with Crippen LogP contribution in [0.2, 0.25) is 0 Å². The van der Waals surface area contributed by atoms with E-state index in [9.17, 15) is 4.79 Å². The predicted octanol–water partition coefficient (Wildman–Crippen LogP) is 3.45. The number of nitrogens with zero attached hydrogens (tertiary/aromatic N) is 1. The molecule has 2 atom stereocenters. The van der Waals surface area contributed by atoms with Crippen molar-refractivity contribution in [2.75, 3.05) is 32.7 Å². The first kappa shape index (κ1) is 17.7. The number of hydrogen-bond acceptors (Lipinski definition) is 5. The molecule has 1 fully saturated rings. The Kier molecular flexibility index (Phi) is 4.90. The Hall–Kier alpha value is -2.73. The van der Waals surface area contributed by atoms with Crippen LogP contribution in [0.3, 0.4) is 0 Å². The summed E-state index contributed by atoms with van der Waals surface area (Å²) < 4.78 is 16.7. The van der Waals surface area contributed by atoms with Gasteiger partial charge in [0, 0.05) is 30.5 Å². The molecular weight excluding hydrogens is 344 g/mol. The summed E-state index contributed by atoms with van der Waals surface area (Å²) in [5, 5.41) is 3.51. The van der Waals surface area contributed by atoms with Crippen molar-refractivity contribution < 1.29 is 19.0 Å². The molecule has 2 aromatic rings. The van der Waals surface area contributed by atoms with Crippen LogP contribution in [-0.4, -0.2) is 44.3 Å². The highest BCUT2D eigenvalue weighted by Gasteiger charge is 2.36. The van der Waals surface area contributed by atoms with Crippen LogP contribution in [-0.2, 0) is 4.74 Å². The summed E-state index contributed by atoms with van der Waals surface area (Å²) in [5.74, 6) is 1.39. The molecule has 4 rings (SSSR count). The van der Waals surface area contributed by atoms with E-state index in [0.29, 0.717) is 23.6 Å². The van der Waals surface area contributed by atoms with E-state index in [2.05, 4.69) is 5.32 Å². The summed E-state index contributed by atoms with van der Waals surface area (Å²) in [4.78, 5) is 15.1. The molecule has 2 aliphatic rings. The maximum atomic E-state index is 13.3. The van der Waals surface area contributed by atoms with Crippen molar-refractivity contribution in [1.82, 2.24) is 4.90 Å². The molecular formula is C21H24N2O4. The fourth-order valence-electron chi connectivity index (χ4n) is 3.78. The minimum absolute atomic E-state index is 0.00252. The van der Waals surface area contributed by atoms with Gasteiger partial charge in [0.15, 0.2) is 0 Å². The molecule has 1 N–H and O–H groups in total. The molecule has 2 aromatic carbocycles. The molecule has 0 bridgehead atoms. The predicted molar refractivity (Wildman–Crippen MR) is 102 cm³/mol. The zero-order valence-corrected chi connectivity index (χ0v) is 15.6. The summed E-state index contributed by atoms with van der Waals surface area (Å²) in [6.45, 7) is 1.30. The molecule has 2 unspecified atom stereocenters. The highest BCUT2D eigenvalue weighted by Crippen LogP contribution is 2.38. The average molecular weight is 368 g/mol. The van der Waals surface area contributed by atoms with E-state index in [1.54, 1.807) is 14.2 Å². The van der Waals surface area contributed by atoms with Crippen LogP contribution in [0, 0.1) is 0 Å². The van der Waals surface area contributed by atoms with Gasteiger partial charge >= 0.3 is 0 Å². The summed E-state index contributed by atoms with van der Waals surface area (Å²) in [6.07, 6.45) is 1.73. The maximum absolute atomic E-state index is 13.3. The van der Waals surface area contributed by atoms with Crippen molar-refractivity contribution in [2.45, 2.75) is 25.1 Å². The zero-order chi connectivity index (χ0) is 18.8. The lowest BCUT2D eigenvalue weighted by Crippen LogP contribution is -2.46. The highest BCUT2D eigenvalue weighted by molar-refractivity contribution is 6.01. The van der Waals surface area contributed by atoms with Gasteiger partial charge in [-0.3, -0.25) is 4.79 Å². The van der Waals surface area contributed by atoms with E-state index in [1.165, 1.54) is 0 Å². The van der Waals surface area contributed by atoms with Crippen molar-refractivity contribution in [3.05, 3.63) is 53.6 Å². The number of hydrogen-bond donors (Lipinski definition) is 1. The van der Waals surface area contributed by atoms with Gasteiger partial charge in [-0.2, -0.15) is 0 Å². The summed E-state index contributed by atoms with van der Waals surface area (Å²) >= 11 is 0. The smallest absolute Gasteiger partial charge is 0.257 e. The van der Waals surface area contributed by atoms with Crippen LogP contribution in [0.15, 0.2) is 42.5 Å². The van der Waals surface area contributed by atoms with Crippen LogP contribution in [0.25, 0.3) is 0 Å². The number of amides is 1.